The fourth-order valence-electron chi connectivity index (χ4n) is 2.48. The smallest absolute Gasteiger partial charge is 0.247 e. The molecule has 20 heavy (non-hydrogen) atoms. The average Bonchev–Trinajstić information content (AvgIpc) is 2.38. The topological polar surface area (TPSA) is 63.4 Å². The van der Waals surface area contributed by atoms with Crippen LogP contribution in [-0.4, -0.2) is 31.9 Å². The van der Waals surface area contributed by atoms with Gasteiger partial charge < -0.3 is 5.73 Å². The molecule has 1 aromatic carbocycles. The molecule has 0 aromatic heterocycles. The van der Waals surface area contributed by atoms with Crippen LogP contribution in [0.3, 0.4) is 0 Å². The Bertz CT molecular complexity index is 572. The fourth-order valence-corrected chi connectivity index (χ4v) is 4.58. The lowest BCUT2D eigenvalue weighted by molar-refractivity contribution is 0.242. The van der Waals surface area contributed by atoms with Gasteiger partial charge in [0.2, 0.25) is 10.0 Å². The molecule has 112 valence electrons. The van der Waals surface area contributed by atoms with Crippen molar-refractivity contribution in [1.82, 2.24) is 4.31 Å². The first kappa shape index (κ1) is 15.7. The molecule has 0 radical (unpaired) electrons. The van der Waals surface area contributed by atoms with E-state index in [4.69, 9.17) is 17.3 Å². The van der Waals surface area contributed by atoms with E-state index in [9.17, 15) is 12.8 Å². The molecular weight excluding hydrogens is 303 g/mol. The second-order valence-corrected chi connectivity index (χ2v) is 7.46. The summed E-state index contributed by atoms with van der Waals surface area (Å²) in [6.45, 7) is 2.54. The minimum absolute atomic E-state index is 0.0871. The van der Waals surface area contributed by atoms with Gasteiger partial charge in [-0.25, -0.2) is 12.8 Å². The lowest BCUT2D eigenvalue weighted by Crippen LogP contribution is -2.45. The molecule has 1 heterocycles. The number of hydrogen-bond donors (Lipinski definition) is 1. The van der Waals surface area contributed by atoms with Crippen molar-refractivity contribution in [3.63, 3.8) is 0 Å². The zero-order valence-corrected chi connectivity index (χ0v) is 12.8. The summed E-state index contributed by atoms with van der Waals surface area (Å²) in [6, 6.07) is 3.78. The minimum Gasteiger partial charge on any atom is -0.328 e. The predicted octanol–water partition coefficient (Wildman–Crippen LogP) is 2.23. The molecule has 2 unspecified atom stereocenters. The summed E-state index contributed by atoms with van der Waals surface area (Å²) in [5.41, 5.74) is 5.85. The fraction of sp³-hybridized carbons (Fsp3) is 0.538. The number of benzene rings is 1. The second kappa shape index (κ2) is 5.97. The Kier molecular flexibility index (Phi) is 4.69. The van der Waals surface area contributed by atoms with Gasteiger partial charge in [-0.05, 0) is 37.8 Å². The van der Waals surface area contributed by atoms with Crippen LogP contribution < -0.4 is 5.73 Å². The summed E-state index contributed by atoms with van der Waals surface area (Å²) in [5, 5.41) is -0.0899. The molecule has 1 aliphatic rings. The zero-order chi connectivity index (χ0) is 14.9. The van der Waals surface area contributed by atoms with Crippen LogP contribution >= 0.6 is 11.6 Å². The maximum atomic E-state index is 13.8. The highest BCUT2D eigenvalue weighted by molar-refractivity contribution is 7.89. The molecule has 1 fully saturated rings. The van der Waals surface area contributed by atoms with Crippen LogP contribution in [0.5, 0.6) is 0 Å². The Hall–Kier alpha value is -0.690. The molecule has 4 nitrogen and oxygen atoms in total. The largest absolute Gasteiger partial charge is 0.328 e. The van der Waals surface area contributed by atoms with Gasteiger partial charge in [-0.2, -0.15) is 4.31 Å². The van der Waals surface area contributed by atoms with Crippen LogP contribution in [0.4, 0.5) is 4.39 Å². The quantitative estimate of drug-likeness (QED) is 0.929. The van der Waals surface area contributed by atoms with E-state index in [2.05, 4.69) is 0 Å². The number of halogens is 2. The van der Waals surface area contributed by atoms with E-state index in [-0.39, 0.29) is 17.0 Å². The average molecular weight is 321 g/mol. The molecule has 0 spiro atoms. The highest BCUT2D eigenvalue weighted by Crippen LogP contribution is 2.30. The molecule has 2 atom stereocenters. The Morgan fingerprint density at radius 2 is 2.20 bits per heavy atom. The van der Waals surface area contributed by atoms with E-state index < -0.39 is 20.7 Å². The van der Waals surface area contributed by atoms with E-state index in [1.165, 1.54) is 16.4 Å². The van der Waals surface area contributed by atoms with Crippen molar-refractivity contribution in [3.05, 3.63) is 29.0 Å². The van der Waals surface area contributed by atoms with Gasteiger partial charge >= 0.3 is 0 Å². The summed E-state index contributed by atoms with van der Waals surface area (Å²) in [4.78, 5) is -0.438. The third-order valence-electron chi connectivity index (χ3n) is 3.68. The summed E-state index contributed by atoms with van der Waals surface area (Å²) < 4.78 is 40.2. The number of nitrogens with zero attached hydrogens (tertiary/aromatic N) is 1. The number of sulfonamides is 1. The molecule has 7 heteroatoms. The van der Waals surface area contributed by atoms with Crippen LogP contribution in [0.25, 0.3) is 0 Å². The van der Waals surface area contributed by atoms with Gasteiger partial charge in [0.15, 0.2) is 0 Å². The number of hydrogen-bond acceptors (Lipinski definition) is 3. The minimum atomic E-state index is -3.92. The van der Waals surface area contributed by atoms with Gasteiger partial charge in [-0.15, -0.1) is 0 Å². The van der Waals surface area contributed by atoms with E-state index in [0.29, 0.717) is 13.1 Å². The maximum absolute atomic E-state index is 13.8. The molecule has 1 aliphatic heterocycles. The molecule has 0 saturated carbocycles. The lowest BCUT2D eigenvalue weighted by atomic mass is 9.93. The van der Waals surface area contributed by atoms with Gasteiger partial charge in [0, 0.05) is 19.1 Å². The Labute approximate surface area is 123 Å². The van der Waals surface area contributed by atoms with E-state index in [1.54, 1.807) is 0 Å². The van der Waals surface area contributed by atoms with Crippen molar-refractivity contribution in [1.29, 1.82) is 0 Å². The van der Waals surface area contributed by atoms with E-state index in [1.807, 2.05) is 6.92 Å². The van der Waals surface area contributed by atoms with Crippen molar-refractivity contribution in [3.8, 4) is 0 Å². The van der Waals surface area contributed by atoms with Crippen molar-refractivity contribution < 1.29 is 12.8 Å². The first-order valence-electron chi connectivity index (χ1n) is 6.53. The van der Waals surface area contributed by atoms with Crippen LogP contribution in [-0.2, 0) is 10.0 Å². The summed E-state index contributed by atoms with van der Waals surface area (Å²) >= 11 is 5.86. The third-order valence-corrected chi connectivity index (χ3v) is 6.05. The van der Waals surface area contributed by atoms with Crippen molar-refractivity contribution in [2.45, 2.75) is 30.7 Å². The SMILES string of the molecule is CC(N)C1CCCN(S(=O)(=O)c2c(F)cccc2Cl)C1. The molecule has 2 N–H and O–H groups in total. The highest BCUT2D eigenvalue weighted by atomic mass is 35.5. The molecule has 1 aromatic rings. The first-order chi connectivity index (χ1) is 9.34. The predicted molar refractivity (Wildman–Crippen MR) is 76.5 cm³/mol. The number of nitrogens with two attached hydrogens (primary N) is 1. The van der Waals surface area contributed by atoms with Crippen LogP contribution in [0.2, 0.25) is 5.02 Å². The normalized spacial score (nSPS) is 22.7. The first-order valence-corrected chi connectivity index (χ1v) is 8.35. The van der Waals surface area contributed by atoms with Crippen LogP contribution in [0.1, 0.15) is 19.8 Å². The second-order valence-electron chi connectivity index (χ2n) is 5.18. The van der Waals surface area contributed by atoms with Crippen molar-refractivity contribution in [2.75, 3.05) is 13.1 Å². The molecule has 0 bridgehead atoms. The molecule has 0 aliphatic carbocycles. The molecule has 0 amide bonds. The van der Waals surface area contributed by atoms with Gasteiger partial charge in [-0.1, -0.05) is 17.7 Å². The van der Waals surface area contributed by atoms with Gasteiger partial charge in [0.1, 0.15) is 10.7 Å². The van der Waals surface area contributed by atoms with Gasteiger partial charge in [0.05, 0.1) is 5.02 Å². The van der Waals surface area contributed by atoms with Crippen molar-refractivity contribution in [2.24, 2.45) is 11.7 Å². The maximum Gasteiger partial charge on any atom is 0.247 e. The van der Waals surface area contributed by atoms with Crippen LogP contribution in [0.15, 0.2) is 23.1 Å². The number of piperidine rings is 1. The Morgan fingerprint density at radius 1 is 1.50 bits per heavy atom. The third kappa shape index (κ3) is 2.98. The summed E-state index contributed by atoms with van der Waals surface area (Å²) in [5.74, 6) is -0.732. The Morgan fingerprint density at radius 3 is 2.80 bits per heavy atom. The molecule has 1 saturated heterocycles. The number of rotatable bonds is 3. The zero-order valence-electron chi connectivity index (χ0n) is 11.2. The Balaban J connectivity index is 2.35. The summed E-state index contributed by atoms with van der Waals surface area (Å²) in [6.07, 6.45) is 1.60. The van der Waals surface area contributed by atoms with Gasteiger partial charge in [-0.3, -0.25) is 0 Å². The van der Waals surface area contributed by atoms with Crippen molar-refractivity contribution >= 4 is 21.6 Å². The van der Waals surface area contributed by atoms with E-state index in [0.717, 1.165) is 18.9 Å². The van der Waals surface area contributed by atoms with Gasteiger partial charge in [0.25, 0.3) is 0 Å². The molecule has 2 rings (SSSR count). The van der Waals surface area contributed by atoms with E-state index >= 15 is 0 Å². The lowest BCUT2D eigenvalue weighted by Gasteiger charge is -2.33. The summed E-state index contributed by atoms with van der Waals surface area (Å²) in [7, 11) is -3.92. The standard InChI is InChI=1S/C13H18ClFN2O2S/c1-9(16)10-4-3-7-17(8-10)20(18,19)13-11(14)5-2-6-12(13)15/h2,5-6,9-10H,3-4,7-8,16H2,1H3. The monoisotopic (exact) mass is 320 g/mol. The molecular formula is C13H18ClFN2O2S. The van der Waals surface area contributed by atoms with Crippen LogP contribution in [0, 0.1) is 11.7 Å². The highest BCUT2D eigenvalue weighted by Gasteiger charge is 2.34.